The van der Waals surface area contributed by atoms with Crippen molar-refractivity contribution in [1.82, 2.24) is 25.4 Å². The number of aryl methyl sites for hydroxylation is 1. The molecule has 1 aromatic carbocycles. The lowest BCUT2D eigenvalue weighted by atomic mass is 9.89. The van der Waals surface area contributed by atoms with Crippen molar-refractivity contribution < 1.29 is 9.59 Å². The lowest BCUT2D eigenvalue weighted by Crippen LogP contribution is -2.38. The van der Waals surface area contributed by atoms with Crippen LogP contribution in [-0.4, -0.2) is 39.7 Å². The van der Waals surface area contributed by atoms with Crippen LogP contribution in [0.5, 0.6) is 0 Å². The van der Waals surface area contributed by atoms with Crippen molar-refractivity contribution in [1.29, 1.82) is 0 Å². The minimum Gasteiger partial charge on any atom is -0.354 e. The molecule has 1 aliphatic carbocycles. The predicted molar refractivity (Wildman–Crippen MR) is 115 cm³/mol. The summed E-state index contributed by atoms with van der Waals surface area (Å²) in [7, 11) is 0. The van der Waals surface area contributed by atoms with Crippen LogP contribution in [0.1, 0.15) is 44.1 Å². The first-order valence-electron chi connectivity index (χ1n) is 10.3. The third-order valence-corrected chi connectivity index (χ3v) is 5.63. The van der Waals surface area contributed by atoms with E-state index in [1.165, 1.54) is 6.42 Å². The fraction of sp³-hybridized carbons (Fsp3) is 0.524. The Morgan fingerprint density at radius 1 is 1.21 bits per heavy atom. The van der Waals surface area contributed by atoms with Gasteiger partial charge in [-0.25, -0.2) is 0 Å². The molecule has 0 aliphatic heterocycles. The third-order valence-electron chi connectivity index (χ3n) is 5.32. The smallest absolute Gasteiger partial charge is 0.223 e. The van der Waals surface area contributed by atoms with Gasteiger partial charge >= 0.3 is 0 Å². The minimum absolute atomic E-state index is 0.0739. The van der Waals surface area contributed by atoms with Crippen LogP contribution in [0.25, 0.3) is 11.4 Å². The molecule has 1 aliphatic rings. The van der Waals surface area contributed by atoms with Crippen molar-refractivity contribution in [3.63, 3.8) is 0 Å². The standard InChI is InChI=1S/C21H29N5O2S/c1-15-6-5-9-17(14-15)19-24-25-21(29)26(19)13-10-18(27)22-11-12-23-20(28)16-7-3-2-4-8-16/h5-6,9,14,16H,2-4,7-8,10-13H2,1H3,(H,22,27)(H,23,28)(H,25,29). The maximum absolute atomic E-state index is 12.2. The normalized spacial score (nSPS) is 14.5. The number of amides is 2. The van der Waals surface area contributed by atoms with Gasteiger partial charge in [0.05, 0.1) is 0 Å². The Kier molecular flexibility index (Phi) is 7.57. The molecule has 0 atom stereocenters. The van der Waals surface area contributed by atoms with Crippen LogP contribution in [0.15, 0.2) is 24.3 Å². The minimum atomic E-state index is -0.0739. The number of hydrogen-bond acceptors (Lipinski definition) is 4. The molecule has 3 rings (SSSR count). The van der Waals surface area contributed by atoms with Gasteiger partial charge in [-0.3, -0.25) is 19.3 Å². The summed E-state index contributed by atoms with van der Waals surface area (Å²) in [6.45, 7) is 3.36. The molecule has 0 spiro atoms. The monoisotopic (exact) mass is 415 g/mol. The first-order valence-corrected chi connectivity index (χ1v) is 10.7. The molecule has 1 aromatic heterocycles. The molecule has 1 heterocycles. The third kappa shape index (κ3) is 6.00. The van der Waals surface area contributed by atoms with E-state index < -0.39 is 0 Å². The van der Waals surface area contributed by atoms with Crippen LogP contribution in [0.3, 0.4) is 0 Å². The summed E-state index contributed by atoms with van der Waals surface area (Å²) in [5.74, 6) is 0.912. The number of carbonyl (C=O) groups is 2. The summed E-state index contributed by atoms with van der Waals surface area (Å²) in [6.07, 6.45) is 5.75. The van der Waals surface area contributed by atoms with E-state index in [9.17, 15) is 9.59 Å². The molecule has 0 saturated heterocycles. The number of carbonyl (C=O) groups excluding carboxylic acids is 2. The number of aromatic amines is 1. The van der Waals surface area contributed by atoms with Crippen LogP contribution >= 0.6 is 12.2 Å². The second kappa shape index (κ2) is 10.3. The average molecular weight is 416 g/mol. The van der Waals surface area contributed by atoms with E-state index in [0.717, 1.165) is 42.6 Å². The van der Waals surface area contributed by atoms with Gasteiger partial charge in [0.15, 0.2) is 10.6 Å². The van der Waals surface area contributed by atoms with E-state index in [1.54, 1.807) is 0 Å². The van der Waals surface area contributed by atoms with Crippen molar-refractivity contribution in [3.05, 3.63) is 34.6 Å². The van der Waals surface area contributed by atoms with E-state index in [4.69, 9.17) is 12.2 Å². The first-order chi connectivity index (χ1) is 14.0. The Bertz CT molecular complexity index is 898. The van der Waals surface area contributed by atoms with E-state index in [2.05, 4.69) is 20.8 Å². The molecule has 1 fully saturated rings. The Balaban J connectivity index is 1.43. The number of benzene rings is 1. The van der Waals surface area contributed by atoms with Crippen molar-refractivity contribution in [2.45, 2.75) is 52.0 Å². The number of aromatic nitrogens is 3. The molecule has 1 saturated carbocycles. The Morgan fingerprint density at radius 2 is 1.97 bits per heavy atom. The summed E-state index contributed by atoms with van der Waals surface area (Å²) in [6, 6.07) is 8.01. The molecule has 29 heavy (non-hydrogen) atoms. The van der Waals surface area contributed by atoms with Crippen molar-refractivity contribution in [2.75, 3.05) is 13.1 Å². The molecule has 2 aromatic rings. The molecule has 0 bridgehead atoms. The molecule has 7 nitrogen and oxygen atoms in total. The van der Waals surface area contributed by atoms with E-state index >= 15 is 0 Å². The molecule has 156 valence electrons. The fourth-order valence-corrected chi connectivity index (χ4v) is 3.95. The lowest BCUT2D eigenvalue weighted by Gasteiger charge is -2.20. The molecule has 3 N–H and O–H groups in total. The maximum Gasteiger partial charge on any atom is 0.223 e. The fourth-order valence-electron chi connectivity index (χ4n) is 3.73. The Labute approximate surface area is 176 Å². The van der Waals surface area contributed by atoms with Crippen molar-refractivity contribution >= 4 is 24.0 Å². The summed E-state index contributed by atoms with van der Waals surface area (Å²) >= 11 is 5.32. The highest BCUT2D eigenvalue weighted by Gasteiger charge is 2.20. The SMILES string of the molecule is Cc1cccc(-c2n[nH]c(=S)n2CCC(=O)NCCNC(=O)C2CCCCC2)c1. The van der Waals surface area contributed by atoms with Gasteiger partial charge in [-0.15, -0.1) is 0 Å². The highest BCUT2D eigenvalue weighted by molar-refractivity contribution is 7.71. The molecular formula is C21H29N5O2S. The van der Waals surface area contributed by atoms with Gasteiger partial charge in [0, 0.05) is 37.5 Å². The maximum atomic E-state index is 12.2. The van der Waals surface area contributed by atoms with Crippen LogP contribution in [-0.2, 0) is 16.1 Å². The van der Waals surface area contributed by atoms with E-state index in [0.29, 0.717) is 30.8 Å². The summed E-state index contributed by atoms with van der Waals surface area (Å²) in [5.41, 5.74) is 2.10. The number of nitrogens with one attached hydrogen (secondary N) is 3. The van der Waals surface area contributed by atoms with Gasteiger partial charge in [0.2, 0.25) is 11.8 Å². The highest BCUT2D eigenvalue weighted by atomic mass is 32.1. The van der Waals surface area contributed by atoms with Gasteiger partial charge in [-0.05, 0) is 38.0 Å². The largest absolute Gasteiger partial charge is 0.354 e. The lowest BCUT2D eigenvalue weighted by molar-refractivity contribution is -0.126. The summed E-state index contributed by atoms with van der Waals surface area (Å²) in [5, 5.41) is 12.9. The second-order valence-corrected chi connectivity index (χ2v) is 7.99. The topological polar surface area (TPSA) is 91.8 Å². The predicted octanol–water partition coefficient (Wildman–Crippen LogP) is 3.12. The van der Waals surface area contributed by atoms with Gasteiger partial charge in [-0.1, -0.05) is 43.0 Å². The van der Waals surface area contributed by atoms with E-state index in [1.807, 2.05) is 35.8 Å². The molecule has 0 unspecified atom stereocenters. The summed E-state index contributed by atoms with van der Waals surface area (Å²) < 4.78 is 2.34. The van der Waals surface area contributed by atoms with Crippen LogP contribution < -0.4 is 10.6 Å². The summed E-state index contributed by atoms with van der Waals surface area (Å²) in [4.78, 5) is 24.3. The van der Waals surface area contributed by atoms with Crippen molar-refractivity contribution in [3.8, 4) is 11.4 Å². The number of hydrogen-bond donors (Lipinski definition) is 3. The average Bonchev–Trinajstić information content (AvgIpc) is 3.10. The number of nitrogens with zero attached hydrogens (tertiary/aromatic N) is 2. The first kappa shape index (κ1) is 21.2. The zero-order valence-corrected chi connectivity index (χ0v) is 17.7. The van der Waals surface area contributed by atoms with Crippen LogP contribution in [0.2, 0.25) is 0 Å². The van der Waals surface area contributed by atoms with Crippen LogP contribution in [0, 0.1) is 17.6 Å². The van der Waals surface area contributed by atoms with Gasteiger partial charge in [-0.2, -0.15) is 5.10 Å². The van der Waals surface area contributed by atoms with E-state index in [-0.39, 0.29) is 17.7 Å². The zero-order valence-electron chi connectivity index (χ0n) is 16.9. The molecule has 8 heteroatoms. The molecule has 2 amide bonds. The second-order valence-electron chi connectivity index (χ2n) is 7.60. The number of H-pyrrole nitrogens is 1. The van der Waals surface area contributed by atoms with Crippen molar-refractivity contribution in [2.24, 2.45) is 5.92 Å². The highest BCUT2D eigenvalue weighted by Crippen LogP contribution is 2.23. The zero-order chi connectivity index (χ0) is 20.6. The quantitative estimate of drug-likeness (QED) is 0.456. The Morgan fingerprint density at radius 3 is 2.72 bits per heavy atom. The molecular weight excluding hydrogens is 386 g/mol. The van der Waals surface area contributed by atoms with Crippen LogP contribution in [0.4, 0.5) is 0 Å². The van der Waals surface area contributed by atoms with Gasteiger partial charge in [0.1, 0.15) is 0 Å². The van der Waals surface area contributed by atoms with Gasteiger partial charge in [0.25, 0.3) is 0 Å². The Hall–Kier alpha value is -2.48. The number of rotatable bonds is 8. The van der Waals surface area contributed by atoms with Gasteiger partial charge < -0.3 is 10.6 Å². The molecule has 0 radical (unpaired) electrons.